The minimum Gasteiger partial charge on any atom is -0.368 e. The van der Waals surface area contributed by atoms with Crippen molar-refractivity contribution in [3.63, 3.8) is 0 Å². The molecule has 2 heterocycles. The summed E-state index contributed by atoms with van der Waals surface area (Å²) in [6, 6.07) is 0.932. The van der Waals surface area contributed by atoms with Crippen LogP contribution in [0.4, 0.5) is 20.4 Å². The van der Waals surface area contributed by atoms with Crippen LogP contribution in [-0.2, 0) is 0 Å². The number of hydrogen-bond acceptors (Lipinski definition) is 3. The monoisotopic (exact) mass is 283 g/mol. The first-order valence-corrected chi connectivity index (χ1v) is 7.28. The Kier molecular flexibility index (Phi) is 4.45. The van der Waals surface area contributed by atoms with Gasteiger partial charge in [-0.2, -0.15) is 0 Å². The van der Waals surface area contributed by atoms with Crippen LogP contribution in [-0.4, -0.2) is 24.6 Å². The van der Waals surface area contributed by atoms with Crippen LogP contribution >= 0.6 is 0 Å². The first-order valence-electron chi connectivity index (χ1n) is 7.28. The van der Waals surface area contributed by atoms with Crippen molar-refractivity contribution in [2.75, 3.05) is 29.9 Å². The molecule has 1 aliphatic rings. The third-order valence-electron chi connectivity index (χ3n) is 3.65. The van der Waals surface area contributed by atoms with Crippen molar-refractivity contribution >= 4 is 11.6 Å². The maximum atomic E-state index is 14.0. The number of halogens is 2. The molecule has 112 valence electrons. The fourth-order valence-electron chi connectivity index (χ4n) is 2.65. The molecule has 0 amide bonds. The van der Waals surface area contributed by atoms with Crippen molar-refractivity contribution in [3.8, 4) is 0 Å². The van der Waals surface area contributed by atoms with Crippen LogP contribution in [0, 0.1) is 17.0 Å². The Balaban J connectivity index is 2.26. The summed E-state index contributed by atoms with van der Waals surface area (Å²) in [4.78, 5) is 6.09. The number of aromatic nitrogens is 1. The van der Waals surface area contributed by atoms with E-state index in [2.05, 4.69) is 24.1 Å². The second-order valence-corrected chi connectivity index (χ2v) is 6.24. The molecule has 1 fully saturated rings. The minimum absolute atomic E-state index is 0.137. The van der Waals surface area contributed by atoms with Crippen LogP contribution in [0.3, 0.4) is 0 Å². The highest BCUT2D eigenvalue weighted by molar-refractivity contribution is 5.49. The Hall–Kier alpha value is -1.39. The van der Waals surface area contributed by atoms with Crippen LogP contribution in [0.15, 0.2) is 6.07 Å². The third-order valence-corrected chi connectivity index (χ3v) is 3.65. The van der Waals surface area contributed by atoms with Crippen LogP contribution in [0.1, 0.15) is 40.0 Å². The lowest BCUT2D eigenvalue weighted by atomic mass is 9.84. The first-order chi connectivity index (χ1) is 9.43. The zero-order valence-electron chi connectivity index (χ0n) is 12.5. The lowest BCUT2D eigenvalue weighted by Crippen LogP contribution is -2.41. The summed E-state index contributed by atoms with van der Waals surface area (Å²) in [5, 5.41) is 2.91. The molecule has 0 atom stereocenters. The maximum absolute atomic E-state index is 14.0. The molecule has 0 radical (unpaired) electrons. The Bertz CT molecular complexity index is 474. The lowest BCUT2D eigenvalue weighted by molar-refractivity contribution is 0.290. The lowest BCUT2D eigenvalue weighted by Gasteiger charge is -2.38. The number of pyridine rings is 1. The van der Waals surface area contributed by atoms with Gasteiger partial charge in [0.15, 0.2) is 23.3 Å². The summed E-state index contributed by atoms with van der Waals surface area (Å²) < 4.78 is 27.7. The molecule has 1 aromatic rings. The highest BCUT2D eigenvalue weighted by Crippen LogP contribution is 2.32. The maximum Gasteiger partial charge on any atom is 0.168 e. The van der Waals surface area contributed by atoms with E-state index in [9.17, 15) is 8.78 Å². The van der Waals surface area contributed by atoms with E-state index in [4.69, 9.17) is 0 Å². The van der Waals surface area contributed by atoms with E-state index >= 15 is 0 Å². The van der Waals surface area contributed by atoms with Gasteiger partial charge in [0.2, 0.25) is 0 Å². The number of nitrogens with zero attached hydrogens (tertiary/aromatic N) is 2. The van der Waals surface area contributed by atoms with Crippen LogP contribution < -0.4 is 10.2 Å². The largest absolute Gasteiger partial charge is 0.368 e. The highest BCUT2D eigenvalue weighted by atomic mass is 19.1. The minimum atomic E-state index is -0.629. The molecule has 3 nitrogen and oxygen atoms in total. The summed E-state index contributed by atoms with van der Waals surface area (Å²) >= 11 is 0. The molecule has 0 bridgehead atoms. The van der Waals surface area contributed by atoms with Gasteiger partial charge in [0.05, 0.1) is 0 Å². The third kappa shape index (κ3) is 3.38. The number of piperidine rings is 1. The van der Waals surface area contributed by atoms with Crippen molar-refractivity contribution in [1.82, 2.24) is 4.98 Å². The molecule has 0 saturated carbocycles. The predicted octanol–water partition coefficient (Wildman–Crippen LogP) is 3.81. The van der Waals surface area contributed by atoms with Crippen molar-refractivity contribution in [1.29, 1.82) is 0 Å². The Morgan fingerprint density at radius 3 is 2.75 bits per heavy atom. The van der Waals surface area contributed by atoms with Gasteiger partial charge >= 0.3 is 0 Å². The fraction of sp³-hybridized carbons (Fsp3) is 0.667. The van der Waals surface area contributed by atoms with Crippen molar-refractivity contribution < 1.29 is 8.78 Å². The van der Waals surface area contributed by atoms with Crippen LogP contribution in [0.2, 0.25) is 0 Å². The summed E-state index contributed by atoms with van der Waals surface area (Å²) in [6.45, 7) is 8.46. The molecule has 0 spiro atoms. The number of rotatable bonds is 4. The van der Waals surface area contributed by atoms with Gasteiger partial charge < -0.3 is 10.2 Å². The molecule has 1 N–H and O–H groups in total. The van der Waals surface area contributed by atoms with Crippen LogP contribution in [0.5, 0.6) is 0 Å². The summed E-state index contributed by atoms with van der Waals surface area (Å²) in [7, 11) is 0. The molecule has 1 aromatic heterocycles. The van der Waals surface area contributed by atoms with Gasteiger partial charge in [0.1, 0.15) is 0 Å². The SMILES string of the molecule is CCCNc1nc(N2CCCC(C)(C)C2)c(F)cc1F. The molecule has 0 unspecified atom stereocenters. The van der Waals surface area contributed by atoms with E-state index in [-0.39, 0.29) is 17.1 Å². The Morgan fingerprint density at radius 1 is 1.35 bits per heavy atom. The van der Waals surface area contributed by atoms with Gasteiger partial charge in [-0.3, -0.25) is 0 Å². The van der Waals surface area contributed by atoms with Gasteiger partial charge in [0.25, 0.3) is 0 Å². The van der Waals surface area contributed by atoms with E-state index in [1.54, 1.807) is 0 Å². The second kappa shape index (κ2) is 5.94. The van der Waals surface area contributed by atoms with E-state index in [0.717, 1.165) is 38.4 Å². The van der Waals surface area contributed by atoms with E-state index < -0.39 is 11.6 Å². The Morgan fingerprint density at radius 2 is 2.10 bits per heavy atom. The summed E-state index contributed by atoms with van der Waals surface area (Å²) in [5.74, 6) is -0.803. The molecule has 20 heavy (non-hydrogen) atoms. The van der Waals surface area contributed by atoms with E-state index in [0.29, 0.717) is 6.54 Å². The Labute approximate surface area is 119 Å². The van der Waals surface area contributed by atoms with Gasteiger partial charge in [-0.05, 0) is 24.7 Å². The number of anilines is 2. The van der Waals surface area contributed by atoms with Gasteiger partial charge in [0, 0.05) is 25.7 Å². The predicted molar refractivity (Wildman–Crippen MR) is 78.2 cm³/mol. The molecule has 0 aliphatic carbocycles. The van der Waals surface area contributed by atoms with Crippen molar-refractivity contribution in [3.05, 3.63) is 17.7 Å². The van der Waals surface area contributed by atoms with Crippen LogP contribution in [0.25, 0.3) is 0 Å². The van der Waals surface area contributed by atoms with Gasteiger partial charge in [-0.15, -0.1) is 0 Å². The molecular weight excluding hydrogens is 260 g/mol. The smallest absolute Gasteiger partial charge is 0.168 e. The molecule has 0 aromatic carbocycles. The number of hydrogen-bond donors (Lipinski definition) is 1. The zero-order valence-corrected chi connectivity index (χ0v) is 12.5. The van der Waals surface area contributed by atoms with Gasteiger partial charge in [-0.25, -0.2) is 13.8 Å². The molecular formula is C15H23F2N3. The summed E-state index contributed by atoms with van der Waals surface area (Å²) in [5.41, 5.74) is 0.137. The van der Waals surface area contributed by atoms with Crippen molar-refractivity contribution in [2.45, 2.75) is 40.0 Å². The fourth-order valence-corrected chi connectivity index (χ4v) is 2.65. The van der Waals surface area contributed by atoms with E-state index in [1.807, 2.05) is 11.8 Å². The molecule has 5 heteroatoms. The van der Waals surface area contributed by atoms with E-state index in [1.165, 1.54) is 0 Å². The normalized spacial score (nSPS) is 18.1. The average molecular weight is 283 g/mol. The number of nitrogens with one attached hydrogen (secondary N) is 1. The topological polar surface area (TPSA) is 28.2 Å². The highest BCUT2D eigenvalue weighted by Gasteiger charge is 2.29. The molecule has 1 saturated heterocycles. The summed E-state index contributed by atoms with van der Waals surface area (Å²) in [6.07, 6.45) is 2.99. The first kappa shape index (κ1) is 15.0. The quantitative estimate of drug-likeness (QED) is 0.910. The molecule has 1 aliphatic heterocycles. The zero-order chi connectivity index (χ0) is 14.8. The van der Waals surface area contributed by atoms with Crippen molar-refractivity contribution in [2.24, 2.45) is 5.41 Å². The second-order valence-electron chi connectivity index (χ2n) is 6.24. The molecule has 2 rings (SSSR count). The standard InChI is InChI=1S/C15H23F2N3/c1-4-7-18-13-11(16)9-12(17)14(19-13)20-8-5-6-15(2,3)10-20/h9H,4-8,10H2,1-3H3,(H,18,19). The average Bonchev–Trinajstić information content (AvgIpc) is 2.36. The van der Waals surface area contributed by atoms with Gasteiger partial charge in [-0.1, -0.05) is 20.8 Å².